The number of nitrogen functional groups attached to an aromatic ring is 1. The van der Waals surface area contributed by atoms with Crippen molar-refractivity contribution in [1.82, 2.24) is 14.8 Å². The first-order valence-electron chi connectivity index (χ1n) is 5.50. The number of aromatic nitrogens is 3. The second-order valence-corrected chi connectivity index (χ2v) is 5.43. The van der Waals surface area contributed by atoms with Crippen LogP contribution in [-0.2, 0) is 13.0 Å². The van der Waals surface area contributed by atoms with E-state index in [2.05, 4.69) is 32.2 Å². The number of nitrogens with zero attached hydrogens (tertiary/aromatic N) is 2. The smallest absolute Gasteiger partial charge is 0.220 e. The van der Waals surface area contributed by atoms with Crippen molar-refractivity contribution >= 4 is 34.1 Å². The first kappa shape index (κ1) is 11.7. The van der Waals surface area contributed by atoms with Gasteiger partial charge in [-0.05, 0) is 29.9 Å². The Morgan fingerprint density at radius 3 is 3.11 bits per heavy atom. The molecule has 0 bridgehead atoms. The van der Waals surface area contributed by atoms with Gasteiger partial charge in [-0.15, -0.1) is 5.10 Å². The van der Waals surface area contributed by atoms with Crippen LogP contribution in [0.15, 0.2) is 16.6 Å². The second kappa shape index (κ2) is 4.40. The summed E-state index contributed by atoms with van der Waals surface area (Å²) < 4.78 is 8.97. The highest BCUT2D eigenvalue weighted by Gasteiger charge is 2.18. The van der Waals surface area contributed by atoms with E-state index < -0.39 is 0 Å². The highest BCUT2D eigenvalue weighted by Crippen LogP contribution is 2.33. The van der Waals surface area contributed by atoms with Crippen molar-refractivity contribution in [3.8, 4) is 5.75 Å². The van der Waals surface area contributed by atoms with Crippen LogP contribution in [0.1, 0.15) is 11.1 Å². The molecular weight excluding hydrogens is 316 g/mol. The van der Waals surface area contributed by atoms with Gasteiger partial charge in [0.15, 0.2) is 4.77 Å². The van der Waals surface area contributed by atoms with Crippen molar-refractivity contribution < 1.29 is 4.74 Å². The van der Waals surface area contributed by atoms with Crippen molar-refractivity contribution in [1.29, 1.82) is 0 Å². The molecular formula is C11H11BrN4OS. The molecule has 0 saturated heterocycles. The predicted octanol–water partition coefficient (Wildman–Crippen LogP) is 2.27. The van der Waals surface area contributed by atoms with Crippen LogP contribution in [0.4, 0.5) is 5.95 Å². The van der Waals surface area contributed by atoms with Crippen molar-refractivity contribution in [2.75, 3.05) is 12.3 Å². The minimum Gasteiger partial charge on any atom is -0.493 e. The molecule has 0 aliphatic carbocycles. The predicted molar refractivity (Wildman–Crippen MR) is 74.3 cm³/mol. The molecule has 0 atom stereocenters. The maximum Gasteiger partial charge on any atom is 0.220 e. The van der Waals surface area contributed by atoms with E-state index in [-0.39, 0.29) is 0 Å². The number of ether oxygens (including phenoxy) is 1. The SMILES string of the molecule is Nc1n[nH]c(=S)n1Cc1cc(Br)cc2c1OCC2. The number of hydrogen-bond donors (Lipinski definition) is 2. The van der Waals surface area contributed by atoms with Gasteiger partial charge in [-0.1, -0.05) is 15.9 Å². The lowest BCUT2D eigenvalue weighted by atomic mass is 10.1. The summed E-state index contributed by atoms with van der Waals surface area (Å²) in [6.07, 6.45) is 0.939. The highest BCUT2D eigenvalue weighted by atomic mass is 79.9. The van der Waals surface area contributed by atoms with E-state index in [0.717, 1.165) is 28.8 Å². The molecule has 3 N–H and O–H groups in total. The largest absolute Gasteiger partial charge is 0.493 e. The van der Waals surface area contributed by atoms with E-state index >= 15 is 0 Å². The zero-order valence-corrected chi connectivity index (χ0v) is 11.8. The van der Waals surface area contributed by atoms with Crippen molar-refractivity contribution in [3.63, 3.8) is 0 Å². The molecule has 18 heavy (non-hydrogen) atoms. The molecule has 2 aromatic rings. The highest BCUT2D eigenvalue weighted by molar-refractivity contribution is 9.10. The van der Waals surface area contributed by atoms with Crippen LogP contribution < -0.4 is 10.5 Å². The molecule has 0 saturated carbocycles. The maximum absolute atomic E-state index is 5.77. The number of nitrogens with two attached hydrogens (primary N) is 1. The molecule has 0 radical (unpaired) electrons. The Bertz CT molecular complexity index is 664. The van der Waals surface area contributed by atoms with Gasteiger partial charge in [0, 0.05) is 16.5 Å². The molecule has 94 valence electrons. The first-order chi connectivity index (χ1) is 8.65. The van der Waals surface area contributed by atoms with Gasteiger partial charge in [0.25, 0.3) is 0 Å². The molecule has 0 spiro atoms. The minimum absolute atomic E-state index is 0.381. The number of nitrogens with one attached hydrogen (secondary N) is 1. The van der Waals surface area contributed by atoms with Gasteiger partial charge < -0.3 is 10.5 Å². The van der Waals surface area contributed by atoms with Crippen molar-refractivity contribution in [2.45, 2.75) is 13.0 Å². The molecule has 5 nitrogen and oxygen atoms in total. The zero-order chi connectivity index (χ0) is 12.7. The number of rotatable bonds is 2. The monoisotopic (exact) mass is 326 g/mol. The van der Waals surface area contributed by atoms with Gasteiger partial charge in [-0.25, -0.2) is 5.10 Å². The Balaban J connectivity index is 2.06. The van der Waals surface area contributed by atoms with Gasteiger partial charge in [0.05, 0.1) is 13.2 Å². The molecule has 2 heterocycles. The Hall–Kier alpha value is -1.34. The van der Waals surface area contributed by atoms with E-state index in [4.69, 9.17) is 22.7 Å². The third-order valence-electron chi connectivity index (χ3n) is 2.94. The van der Waals surface area contributed by atoms with Crippen LogP contribution in [0.5, 0.6) is 5.75 Å². The third kappa shape index (κ3) is 1.93. The van der Waals surface area contributed by atoms with Crippen LogP contribution >= 0.6 is 28.1 Å². The van der Waals surface area contributed by atoms with Gasteiger partial charge >= 0.3 is 0 Å². The molecule has 1 aliphatic heterocycles. The molecule has 1 aromatic carbocycles. The molecule has 0 unspecified atom stereocenters. The normalized spacial score (nSPS) is 13.4. The van der Waals surface area contributed by atoms with Crippen molar-refractivity contribution in [2.24, 2.45) is 0 Å². The topological polar surface area (TPSA) is 68.9 Å². The number of hydrogen-bond acceptors (Lipinski definition) is 4. The average Bonchev–Trinajstić information content (AvgIpc) is 2.90. The van der Waals surface area contributed by atoms with Gasteiger partial charge in [0.1, 0.15) is 5.75 Å². The van der Waals surface area contributed by atoms with Gasteiger partial charge in [0.2, 0.25) is 5.95 Å². The molecule has 1 aliphatic rings. The van der Waals surface area contributed by atoms with E-state index in [1.807, 2.05) is 6.07 Å². The summed E-state index contributed by atoms with van der Waals surface area (Å²) in [6.45, 7) is 1.29. The van der Waals surface area contributed by atoms with E-state index in [0.29, 0.717) is 17.3 Å². The van der Waals surface area contributed by atoms with Crippen LogP contribution in [-0.4, -0.2) is 21.4 Å². The number of fused-ring (bicyclic) bond motifs is 1. The quantitative estimate of drug-likeness (QED) is 0.831. The summed E-state index contributed by atoms with van der Waals surface area (Å²) in [5.41, 5.74) is 8.05. The van der Waals surface area contributed by atoms with Gasteiger partial charge in [-0.3, -0.25) is 4.57 Å². The summed E-state index contributed by atoms with van der Waals surface area (Å²) in [5.74, 6) is 1.33. The standard InChI is InChI=1S/C11H11BrN4OS/c12-8-3-6-1-2-17-9(6)7(4-8)5-16-10(13)14-15-11(16)18/h3-4H,1-2,5H2,(H2,13,14)(H,15,18). The van der Waals surface area contributed by atoms with Crippen LogP contribution in [0, 0.1) is 4.77 Å². The fraction of sp³-hybridized carbons (Fsp3) is 0.273. The lowest BCUT2D eigenvalue weighted by molar-refractivity contribution is 0.352. The first-order valence-corrected chi connectivity index (χ1v) is 6.70. The number of halogens is 1. The third-order valence-corrected chi connectivity index (χ3v) is 3.71. The van der Waals surface area contributed by atoms with E-state index in [1.165, 1.54) is 5.56 Å². The van der Waals surface area contributed by atoms with Crippen LogP contribution in [0.25, 0.3) is 0 Å². The fourth-order valence-electron chi connectivity index (χ4n) is 2.12. The Labute approximate surface area is 117 Å². The fourth-order valence-corrected chi connectivity index (χ4v) is 2.87. The second-order valence-electron chi connectivity index (χ2n) is 4.12. The maximum atomic E-state index is 5.77. The lowest BCUT2D eigenvalue weighted by Gasteiger charge is -2.10. The van der Waals surface area contributed by atoms with Gasteiger partial charge in [-0.2, -0.15) is 0 Å². The lowest BCUT2D eigenvalue weighted by Crippen LogP contribution is -2.06. The Kier molecular flexibility index (Phi) is 2.87. The molecule has 7 heteroatoms. The molecule has 0 fully saturated rings. The van der Waals surface area contributed by atoms with Crippen LogP contribution in [0.2, 0.25) is 0 Å². The Morgan fingerprint density at radius 2 is 2.39 bits per heavy atom. The van der Waals surface area contributed by atoms with Crippen molar-refractivity contribution in [3.05, 3.63) is 32.5 Å². The summed E-state index contributed by atoms with van der Waals surface area (Å²) in [5, 5.41) is 6.58. The average molecular weight is 327 g/mol. The molecule has 0 amide bonds. The van der Waals surface area contributed by atoms with E-state index in [1.54, 1.807) is 4.57 Å². The summed E-state index contributed by atoms with van der Waals surface area (Å²) in [6, 6.07) is 4.11. The Morgan fingerprint density at radius 1 is 1.56 bits per heavy atom. The number of aromatic amines is 1. The number of benzene rings is 1. The molecule has 1 aromatic heterocycles. The summed E-state index contributed by atoms with van der Waals surface area (Å²) in [4.78, 5) is 0. The minimum atomic E-state index is 0.381. The number of H-pyrrole nitrogens is 1. The summed E-state index contributed by atoms with van der Waals surface area (Å²) in [7, 11) is 0. The number of anilines is 1. The van der Waals surface area contributed by atoms with E-state index in [9.17, 15) is 0 Å². The van der Waals surface area contributed by atoms with Crippen LogP contribution in [0.3, 0.4) is 0 Å². The summed E-state index contributed by atoms with van der Waals surface area (Å²) >= 11 is 8.66. The molecule has 3 rings (SSSR count). The zero-order valence-electron chi connectivity index (χ0n) is 9.44.